The predicted molar refractivity (Wildman–Crippen MR) is 105 cm³/mol. The number of nitrogens with one attached hydrogen (secondary N) is 1. The first-order chi connectivity index (χ1) is 13.2. The second kappa shape index (κ2) is 7.25. The van der Waals surface area contributed by atoms with Crippen molar-refractivity contribution < 1.29 is 4.79 Å². The summed E-state index contributed by atoms with van der Waals surface area (Å²) in [5, 5.41) is 0.455. The van der Waals surface area contributed by atoms with E-state index in [2.05, 4.69) is 10.4 Å². The van der Waals surface area contributed by atoms with E-state index in [9.17, 15) is 9.59 Å². The van der Waals surface area contributed by atoms with Gasteiger partial charge in [-0.15, -0.1) is 0 Å². The summed E-state index contributed by atoms with van der Waals surface area (Å²) in [5.74, 6) is -0.836. The molecule has 0 aliphatic rings. The molecule has 0 saturated carbocycles. The average molecular weight is 355 g/mol. The van der Waals surface area contributed by atoms with Gasteiger partial charge in [-0.1, -0.05) is 72.8 Å². The maximum atomic E-state index is 13.1. The van der Waals surface area contributed by atoms with Gasteiger partial charge >= 0.3 is 0 Å². The summed E-state index contributed by atoms with van der Waals surface area (Å²) >= 11 is 0. The molecule has 1 aromatic heterocycles. The quantitative estimate of drug-likeness (QED) is 0.611. The van der Waals surface area contributed by atoms with Crippen molar-refractivity contribution in [3.63, 3.8) is 0 Å². The van der Waals surface area contributed by atoms with Gasteiger partial charge in [0.2, 0.25) is 0 Å². The largest absolute Gasteiger partial charge is 0.280 e. The highest BCUT2D eigenvalue weighted by Crippen LogP contribution is 2.24. The molecule has 0 radical (unpaired) electrons. The van der Waals surface area contributed by atoms with Gasteiger partial charge in [-0.2, -0.15) is 0 Å². The number of nitrogens with zero attached hydrogens (tertiary/aromatic N) is 2. The van der Waals surface area contributed by atoms with Crippen LogP contribution < -0.4 is 11.0 Å². The Balaban J connectivity index is 1.73. The van der Waals surface area contributed by atoms with Crippen LogP contribution in [0.25, 0.3) is 10.9 Å². The molecule has 1 amide bonds. The Labute approximate surface area is 155 Å². The normalized spacial score (nSPS) is 10.9. The summed E-state index contributed by atoms with van der Waals surface area (Å²) in [6.07, 6.45) is 1.34. The van der Waals surface area contributed by atoms with E-state index in [1.807, 2.05) is 66.7 Å². The highest BCUT2D eigenvalue weighted by atomic mass is 16.2. The number of carbonyl (C=O) groups excluding carboxylic acids is 1. The summed E-state index contributed by atoms with van der Waals surface area (Å²) in [7, 11) is 0. The van der Waals surface area contributed by atoms with Gasteiger partial charge in [0, 0.05) is 0 Å². The molecule has 5 nitrogen and oxygen atoms in total. The average Bonchev–Trinajstić information content (AvgIpc) is 2.72. The van der Waals surface area contributed by atoms with Crippen LogP contribution in [0.5, 0.6) is 0 Å². The fraction of sp³-hybridized carbons (Fsp3) is 0.0455. The summed E-state index contributed by atoms with van der Waals surface area (Å²) in [5.41, 5.74) is 4.68. The third-order valence-corrected chi connectivity index (χ3v) is 4.42. The first kappa shape index (κ1) is 16.7. The van der Waals surface area contributed by atoms with E-state index in [-0.39, 0.29) is 11.5 Å². The highest BCUT2D eigenvalue weighted by Gasteiger charge is 2.23. The van der Waals surface area contributed by atoms with Crippen LogP contribution in [0.15, 0.2) is 96.1 Å². The van der Waals surface area contributed by atoms with Gasteiger partial charge in [0.1, 0.15) is 6.33 Å². The molecule has 5 heteroatoms. The van der Waals surface area contributed by atoms with E-state index in [0.717, 1.165) is 15.8 Å². The number of carbonyl (C=O) groups is 1. The molecule has 0 bridgehead atoms. The van der Waals surface area contributed by atoms with Crippen LogP contribution in [0.3, 0.4) is 0 Å². The third kappa shape index (κ3) is 3.35. The van der Waals surface area contributed by atoms with Gasteiger partial charge in [0.25, 0.3) is 11.5 Å². The lowest BCUT2D eigenvalue weighted by molar-refractivity contribution is -0.117. The zero-order valence-corrected chi connectivity index (χ0v) is 14.4. The molecular formula is C22H17N3O2. The van der Waals surface area contributed by atoms with Crippen LogP contribution >= 0.6 is 0 Å². The van der Waals surface area contributed by atoms with Gasteiger partial charge in [-0.25, -0.2) is 9.66 Å². The fourth-order valence-corrected chi connectivity index (χ4v) is 3.12. The lowest BCUT2D eigenvalue weighted by Gasteiger charge is -2.18. The van der Waals surface area contributed by atoms with Gasteiger partial charge in [0.05, 0.1) is 16.8 Å². The van der Waals surface area contributed by atoms with Crippen molar-refractivity contribution in [2.45, 2.75) is 5.92 Å². The molecule has 3 aromatic carbocycles. The number of para-hydroxylation sites is 1. The lowest BCUT2D eigenvalue weighted by atomic mass is 9.91. The highest BCUT2D eigenvalue weighted by molar-refractivity contribution is 5.93. The molecule has 0 atom stereocenters. The van der Waals surface area contributed by atoms with Crippen molar-refractivity contribution in [1.29, 1.82) is 0 Å². The summed E-state index contributed by atoms with van der Waals surface area (Å²) in [6, 6.07) is 26.0. The zero-order valence-electron chi connectivity index (χ0n) is 14.4. The number of benzene rings is 3. The zero-order chi connectivity index (χ0) is 18.6. The number of fused-ring (bicyclic) bond motifs is 1. The van der Waals surface area contributed by atoms with Crippen LogP contribution in [-0.2, 0) is 4.79 Å². The molecule has 4 rings (SSSR count). The summed E-state index contributed by atoms with van der Waals surface area (Å²) in [4.78, 5) is 30.0. The first-order valence-corrected chi connectivity index (χ1v) is 8.61. The summed E-state index contributed by atoms with van der Waals surface area (Å²) < 4.78 is 1.14. The maximum absolute atomic E-state index is 13.1. The lowest BCUT2D eigenvalue weighted by Crippen LogP contribution is -2.36. The second-order valence-electron chi connectivity index (χ2n) is 6.17. The number of amides is 1. The van der Waals surface area contributed by atoms with Crippen LogP contribution in [-0.4, -0.2) is 15.6 Å². The fourth-order valence-electron chi connectivity index (χ4n) is 3.12. The molecule has 0 spiro atoms. The first-order valence-electron chi connectivity index (χ1n) is 8.61. The van der Waals surface area contributed by atoms with E-state index < -0.39 is 5.92 Å². The topological polar surface area (TPSA) is 64.0 Å². The minimum atomic E-state index is -0.536. The van der Waals surface area contributed by atoms with E-state index >= 15 is 0 Å². The van der Waals surface area contributed by atoms with Crippen LogP contribution in [0, 0.1) is 0 Å². The molecular weight excluding hydrogens is 338 g/mol. The molecule has 0 aliphatic heterocycles. The second-order valence-corrected chi connectivity index (χ2v) is 6.17. The standard InChI is InChI=1S/C22H17N3O2/c26-21(24-25-15-23-19-14-8-7-13-18(19)22(25)27)20(16-9-3-1-4-10-16)17-11-5-2-6-12-17/h1-15,20H,(H,24,26). The van der Waals surface area contributed by atoms with Crippen LogP contribution in [0.4, 0.5) is 0 Å². The molecule has 0 aliphatic carbocycles. The molecule has 0 unspecified atom stereocenters. The Kier molecular flexibility index (Phi) is 4.49. The molecule has 4 aromatic rings. The Morgan fingerprint density at radius 3 is 2.00 bits per heavy atom. The van der Waals surface area contributed by atoms with Crippen LogP contribution in [0.1, 0.15) is 17.0 Å². The van der Waals surface area contributed by atoms with Crippen molar-refractivity contribution in [2.24, 2.45) is 0 Å². The molecule has 1 heterocycles. The minimum Gasteiger partial charge on any atom is -0.272 e. The van der Waals surface area contributed by atoms with Crippen molar-refractivity contribution in [2.75, 3.05) is 5.43 Å². The smallest absolute Gasteiger partial charge is 0.272 e. The maximum Gasteiger partial charge on any atom is 0.280 e. The number of hydrogen-bond acceptors (Lipinski definition) is 3. The number of aromatic nitrogens is 2. The molecule has 132 valence electrons. The third-order valence-electron chi connectivity index (χ3n) is 4.42. The van der Waals surface area contributed by atoms with Crippen molar-refractivity contribution >= 4 is 16.8 Å². The van der Waals surface area contributed by atoms with E-state index in [1.54, 1.807) is 18.2 Å². The van der Waals surface area contributed by atoms with Crippen molar-refractivity contribution in [1.82, 2.24) is 9.66 Å². The van der Waals surface area contributed by atoms with E-state index in [0.29, 0.717) is 10.9 Å². The number of rotatable bonds is 4. The minimum absolute atomic E-state index is 0.299. The Morgan fingerprint density at radius 2 is 1.37 bits per heavy atom. The monoisotopic (exact) mass is 355 g/mol. The van der Waals surface area contributed by atoms with Gasteiger partial charge in [-0.05, 0) is 23.3 Å². The Hall–Kier alpha value is -3.73. The van der Waals surface area contributed by atoms with Gasteiger partial charge in [-0.3, -0.25) is 15.0 Å². The van der Waals surface area contributed by atoms with Crippen molar-refractivity contribution in [3.8, 4) is 0 Å². The Morgan fingerprint density at radius 1 is 0.815 bits per heavy atom. The SMILES string of the molecule is O=C(Nn1cnc2ccccc2c1=O)C(c1ccccc1)c1ccccc1. The van der Waals surface area contributed by atoms with Gasteiger partial charge < -0.3 is 0 Å². The summed E-state index contributed by atoms with van der Waals surface area (Å²) in [6.45, 7) is 0. The molecule has 1 N–H and O–H groups in total. The predicted octanol–water partition coefficient (Wildman–Crippen LogP) is 3.30. The molecule has 0 fully saturated rings. The van der Waals surface area contributed by atoms with Gasteiger partial charge in [0.15, 0.2) is 0 Å². The van der Waals surface area contributed by atoms with E-state index in [4.69, 9.17) is 0 Å². The Bertz CT molecular complexity index is 1100. The van der Waals surface area contributed by atoms with Crippen molar-refractivity contribution in [3.05, 3.63) is 113 Å². The van der Waals surface area contributed by atoms with Crippen LogP contribution in [0.2, 0.25) is 0 Å². The molecule has 27 heavy (non-hydrogen) atoms. The number of hydrogen-bond donors (Lipinski definition) is 1. The molecule has 0 saturated heterocycles. The van der Waals surface area contributed by atoms with E-state index in [1.165, 1.54) is 6.33 Å².